The number of rotatable bonds is 6. The quantitative estimate of drug-likeness (QED) is 0.844. The van der Waals surface area contributed by atoms with Gasteiger partial charge in [-0.2, -0.15) is 0 Å². The van der Waals surface area contributed by atoms with Gasteiger partial charge < -0.3 is 5.32 Å². The monoisotopic (exact) mass is 253 g/mol. The fourth-order valence-corrected chi connectivity index (χ4v) is 2.84. The molecule has 2 nitrogen and oxygen atoms in total. The Morgan fingerprint density at radius 2 is 1.76 bits per heavy atom. The van der Waals surface area contributed by atoms with Crippen molar-refractivity contribution in [2.45, 2.75) is 32.9 Å². The largest absolute Gasteiger partial charge is 0.306 e. The van der Waals surface area contributed by atoms with Gasteiger partial charge in [0.1, 0.15) is 0 Å². The third-order valence-corrected chi connectivity index (χ3v) is 3.74. The molecule has 1 rings (SSSR count). The van der Waals surface area contributed by atoms with Gasteiger partial charge in [0, 0.05) is 34.9 Å². The lowest BCUT2D eigenvalue weighted by Gasteiger charge is -2.26. The van der Waals surface area contributed by atoms with Crippen molar-refractivity contribution in [2.75, 3.05) is 12.0 Å². The van der Waals surface area contributed by atoms with Crippen molar-refractivity contribution in [2.24, 2.45) is 5.92 Å². The van der Waals surface area contributed by atoms with Crippen molar-refractivity contribution < 1.29 is 4.21 Å². The summed E-state index contributed by atoms with van der Waals surface area (Å²) < 4.78 is 11.2. The van der Waals surface area contributed by atoms with E-state index in [9.17, 15) is 4.21 Å². The Bertz CT molecular complexity index is 350. The van der Waals surface area contributed by atoms with Crippen LogP contribution in [0.3, 0.4) is 0 Å². The van der Waals surface area contributed by atoms with Crippen LogP contribution in [0.15, 0.2) is 30.3 Å². The second kappa shape index (κ2) is 6.92. The smallest absolute Gasteiger partial charge is 0.0383 e. The zero-order valence-corrected chi connectivity index (χ0v) is 12.0. The number of hydrogen-bond donors (Lipinski definition) is 1. The first kappa shape index (κ1) is 14.4. The molecule has 0 aliphatic rings. The summed E-state index contributed by atoms with van der Waals surface area (Å²) >= 11 is 0. The van der Waals surface area contributed by atoms with E-state index in [0.717, 1.165) is 0 Å². The molecule has 0 bridgehead atoms. The van der Waals surface area contributed by atoms with Gasteiger partial charge in [-0.3, -0.25) is 4.21 Å². The van der Waals surface area contributed by atoms with E-state index in [1.165, 1.54) is 5.56 Å². The third-order valence-electron chi connectivity index (χ3n) is 2.77. The van der Waals surface area contributed by atoms with E-state index in [4.69, 9.17) is 0 Å². The van der Waals surface area contributed by atoms with E-state index in [-0.39, 0.29) is 6.04 Å². The van der Waals surface area contributed by atoms with E-state index in [1.54, 1.807) is 6.26 Å². The van der Waals surface area contributed by atoms with Gasteiger partial charge in [0.15, 0.2) is 0 Å². The SMILES string of the molecule is CC(CS(C)=O)NC(c1ccccc1)C(C)C. The summed E-state index contributed by atoms with van der Waals surface area (Å²) in [6.45, 7) is 6.51. The van der Waals surface area contributed by atoms with Crippen LogP contribution in [-0.2, 0) is 10.8 Å². The first-order chi connectivity index (χ1) is 8.00. The highest BCUT2D eigenvalue weighted by atomic mass is 32.2. The van der Waals surface area contributed by atoms with Crippen molar-refractivity contribution in [3.8, 4) is 0 Å². The number of hydrogen-bond acceptors (Lipinski definition) is 2. The van der Waals surface area contributed by atoms with Crippen LogP contribution in [0, 0.1) is 5.92 Å². The molecule has 0 aliphatic carbocycles. The summed E-state index contributed by atoms with van der Waals surface area (Å²) in [4.78, 5) is 0. The van der Waals surface area contributed by atoms with Gasteiger partial charge in [-0.05, 0) is 18.4 Å². The molecule has 0 aliphatic heterocycles. The molecule has 3 atom stereocenters. The van der Waals surface area contributed by atoms with Crippen LogP contribution in [0.2, 0.25) is 0 Å². The highest BCUT2D eigenvalue weighted by molar-refractivity contribution is 7.84. The topological polar surface area (TPSA) is 29.1 Å². The minimum absolute atomic E-state index is 0.272. The predicted molar refractivity (Wildman–Crippen MR) is 75.6 cm³/mol. The van der Waals surface area contributed by atoms with Crippen LogP contribution in [0.25, 0.3) is 0 Å². The zero-order valence-electron chi connectivity index (χ0n) is 11.1. The molecule has 1 aromatic carbocycles. The minimum Gasteiger partial charge on any atom is -0.306 e. The summed E-state index contributed by atoms with van der Waals surface area (Å²) in [7, 11) is -0.744. The standard InChI is InChI=1S/C14H23NOS/c1-11(2)14(13-8-6-5-7-9-13)15-12(3)10-17(4)16/h5-9,11-12,14-15H,10H2,1-4H3. The molecular weight excluding hydrogens is 230 g/mol. The van der Waals surface area contributed by atoms with Crippen molar-refractivity contribution in [3.05, 3.63) is 35.9 Å². The summed E-state index contributed by atoms with van der Waals surface area (Å²) in [5, 5.41) is 3.57. The van der Waals surface area contributed by atoms with E-state index >= 15 is 0 Å². The van der Waals surface area contributed by atoms with Crippen molar-refractivity contribution in [3.63, 3.8) is 0 Å². The van der Waals surface area contributed by atoms with E-state index < -0.39 is 10.8 Å². The lowest BCUT2D eigenvalue weighted by molar-refractivity contribution is 0.382. The molecule has 3 heteroatoms. The van der Waals surface area contributed by atoms with Crippen LogP contribution in [0.5, 0.6) is 0 Å². The molecule has 0 fully saturated rings. The second-order valence-corrected chi connectivity index (χ2v) is 6.42. The lowest BCUT2D eigenvalue weighted by atomic mass is 9.95. The van der Waals surface area contributed by atoms with Gasteiger partial charge in [-0.1, -0.05) is 44.2 Å². The summed E-state index contributed by atoms with van der Waals surface area (Å²) in [6.07, 6.45) is 1.76. The van der Waals surface area contributed by atoms with E-state index in [0.29, 0.717) is 17.7 Å². The second-order valence-electron chi connectivity index (χ2n) is 4.94. The number of nitrogens with one attached hydrogen (secondary N) is 1. The molecule has 17 heavy (non-hydrogen) atoms. The zero-order chi connectivity index (χ0) is 12.8. The van der Waals surface area contributed by atoms with Gasteiger partial charge in [0.25, 0.3) is 0 Å². The van der Waals surface area contributed by atoms with E-state index in [2.05, 4.69) is 50.4 Å². The maximum atomic E-state index is 11.2. The van der Waals surface area contributed by atoms with Crippen LogP contribution in [0.1, 0.15) is 32.4 Å². The Morgan fingerprint density at radius 3 is 2.24 bits per heavy atom. The maximum Gasteiger partial charge on any atom is 0.0383 e. The van der Waals surface area contributed by atoms with Crippen LogP contribution in [0.4, 0.5) is 0 Å². The normalized spacial score (nSPS) is 16.8. The average Bonchev–Trinajstić information content (AvgIpc) is 2.25. The maximum absolute atomic E-state index is 11.2. The molecule has 0 aromatic heterocycles. The third kappa shape index (κ3) is 5.00. The van der Waals surface area contributed by atoms with Gasteiger partial charge in [-0.25, -0.2) is 0 Å². The molecule has 1 N–H and O–H groups in total. The molecule has 0 amide bonds. The Labute approximate surface area is 107 Å². The number of benzene rings is 1. The van der Waals surface area contributed by atoms with Crippen molar-refractivity contribution >= 4 is 10.8 Å². The first-order valence-corrected chi connectivity index (χ1v) is 7.84. The Balaban J connectivity index is 2.71. The van der Waals surface area contributed by atoms with Crippen LogP contribution < -0.4 is 5.32 Å². The Hall–Kier alpha value is -0.670. The lowest BCUT2D eigenvalue weighted by Crippen LogP contribution is -2.36. The fourth-order valence-electron chi connectivity index (χ4n) is 2.04. The van der Waals surface area contributed by atoms with Crippen molar-refractivity contribution in [1.82, 2.24) is 5.32 Å². The average molecular weight is 253 g/mol. The van der Waals surface area contributed by atoms with Gasteiger partial charge in [-0.15, -0.1) is 0 Å². The van der Waals surface area contributed by atoms with Crippen molar-refractivity contribution in [1.29, 1.82) is 0 Å². The summed E-state index contributed by atoms with van der Waals surface area (Å²) in [5.74, 6) is 1.22. The molecule has 0 saturated heterocycles. The van der Waals surface area contributed by atoms with Gasteiger partial charge >= 0.3 is 0 Å². The molecular formula is C14H23NOS. The molecule has 1 aromatic rings. The Kier molecular flexibility index (Phi) is 5.86. The van der Waals surface area contributed by atoms with E-state index in [1.807, 2.05) is 6.07 Å². The molecule has 0 radical (unpaired) electrons. The fraction of sp³-hybridized carbons (Fsp3) is 0.571. The highest BCUT2D eigenvalue weighted by Gasteiger charge is 2.17. The van der Waals surface area contributed by atoms with Gasteiger partial charge in [0.2, 0.25) is 0 Å². The van der Waals surface area contributed by atoms with Gasteiger partial charge in [0.05, 0.1) is 0 Å². The summed E-state index contributed by atoms with van der Waals surface area (Å²) in [5.41, 5.74) is 1.30. The summed E-state index contributed by atoms with van der Waals surface area (Å²) in [6, 6.07) is 11.1. The molecule has 0 heterocycles. The molecule has 0 saturated carbocycles. The molecule has 0 spiro atoms. The highest BCUT2D eigenvalue weighted by Crippen LogP contribution is 2.21. The minimum atomic E-state index is -0.744. The molecule has 96 valence electrons. The van der Waals surface area contributed by atoms with Crippen LogP contribution >= 0.6 is 0 Å². The Morgan fingerprint density at radius 1 is 1.18 bits per heavy atom. The predicted octanol–water partition coefficient (Wildman–Crippen LogP) is 2.74. The van der Waals surface area contributed by atoms with Crippen LogP contribution in [-0.4, -0.2) is 22.3 Å². The molecule has 3 unspecified atom stereocenters. The first-order valence-electron chi connectivity index (χ1n) is 6.11.